The maximum atomic E-state index is 8.93. The van der Waals surface area contributed by atoms with Gasteiger partial charge in [-0.1, -0.05) is 0 Å². The average molecular weight is 377 g/mol. The molecule has 0 N–H and O–H groups in total. The number of carbonyl (C=O) groups is 6. The van der Waals surface area contributed by atoms with Gasteiger partial charge in [-0.15, -0.1) is 0 Å². The molecule has 0 heterocycles. The summed E-state index contributed by atoms with van der Waals surface area (Å²) in [6.07, 6.45) is 0. The van der Waals surface area contributed by atoms with Crippen molar-refractivity contribution in [3.05, 3.63) is 0 Å². The number of aliphatic carboxylic acids is 6. The summed E-state index contributed by atoms with van der Waals surface area (Å²) in [7, 11) is 0. The van der Waals surface area contributed by atoms with Crippen molar-refractivity contribution in [2.24, 2.45) is 0 Å². The maximum absolute atomic E-state index is 8.93. The molecule has 0 aromatic heterocycles. The fraction of sp³-hybridized carbons (Fsp3) is 0. The SMILES string of the molecule is O=C([O-])C(=O)[O-].O=C([O-])C(=O)[O-].O=C([O-])C(=O)[O-].[Ti+4].[Zn+2]. The maximum Gasteiger partial charge on any atom is 4.00 e. The third-order valence-electron chi connectivity index (χ3n) is 0.500. The van der Waals surface area contributed by atoms with Crippen molar-refractivity contribution >= 4 is 35.8 Å². The Morgan fingerprint density at radius 2 is 0.450 bits per heavy atom. The van der Waals surface area contributed by atoms with Gasteiger partial charge in [0, 0.05) is 0 Å². The Kier molecular flexibility index (Phi) is 26.5. The van der Waals surface area contributed by atoms with E-state index in [9.17, 15) is 0 Å². The molecule has 0 saturated carbocycles. The molecule has 0 aromatic rings. The topological polar surface area (TPSA) is 241 Å². The molecule has 14 heteroatoms. The van der Waals surface area contributed by atoms with Crippen LogP contribution in [0.5, 0.6) is 0 Å². The number of rotatable bonds is 0. The fourth-order valence-corrected chi connectivity index (χ4v) is 0. The van der Waals surface area contributed by atoms with Crippen LogP contribution in [0.25, 0.3) is 0 Å². The van der Waals surface area contributed by atoms with Gasteiger partial charge in [0.05, 0.1) is 35.8 Å². The minimum atomic E-state index is -2.19. The Morgan fingerprint density at radius 1 is 0.400 bits per heavy atom. The van der Waals surface area contributed by atoms with Crippen LogP contribution < -0.4 is 30.6 Å². The molecule has 0 aliphatic heterocycles. The summed E-state index contributed by atoms with van der Waals surface area (Å²) >= 11 is 0. The third kappa shape index (κ3) is 36.0. The number of hydrogen-bond donors (Lipinski definition) is 0. The van der Waals surface area contributed by atoms with E-state index >= 15 is 0 Å². The largest absolute Gasteiger partial charge is 4.00 e. The van der Waals surface area contributed by atoms with Crippen molar-refractivity contribution < 1.29 is 101 Å². The molecule has 12 nitrogen and oxygen atoms in total. The van der Waals surface area contributed by atoms with Crippen molar-refractivity contribution in [1.29, 1.82) is 0 Å². The molecule has 20 heavy (non-hydrogen) atoms. The van der Waals surface area contributed by atoms with Gasteiger partial charge < -0.3 is 59.4 Å². The van der Waals surface area contributed by atoms with E-state index in [1.54, 1.807) is 0 Å². The van der Waals surface area contributed by atoms with Gasteiger partial charge in [0.2, 0.25) is 0 Å². The van der Waals surface area contributed by atoms with Crippen LogP contribution in [-0.4, -0.2) is 35.8 Å². The molecule has 0 saturated heterocycles. The van der Waals surface area contributed by atoms with E-state index in [0.29, 0.717) is 0 Å². The van der Waals surface area contributed by atoms with Crippen molar-refractivity contribution in [3.8, 4) is 0 Å². The minimum absolute atomic E-state index is 0. The number of carbonyl (C=O) groups excluding carboxylic acids is 6. The van der Waals surface area contributed by atoms with Gasteiger partial charge in [-0.05, 0) is 0 Å². The van der Waals surface area contributed by atoms with Crippen molar-refractivity contribution in [2.75, 3.05) is 0 Å². The van der Waals surface area contributed by atoms with E-state index < -0.39 is 35.8 Å². The first-order valence-electron chi connectivity index (χ1n) is 3.20. The Morgan fingerprint density at radius 3 is 0.450 bits per heavy atom. The molecular weight excluding hydrogens is 377 g/mol. The van der Waals surface area contributed by atoms with Gasteiger partial charge in [0.1, 0.15) is 0 Å². The zero-order valence-corrected chi connectivity index (χ0v) is 13.6. The Labute approximate surface area is 136 Å². The number of carboxylic acids is 6. The standard InChI is InChI=1S/3C2H2O4.Ti.Zn/c3*3-1(4)2(5)6;;/h3*(H,3,4)(H,5,6);;/q;;;+4;+2/p-6. The summed E-state index contributed by atoms with van der Waals surface area (Å²) in [6.45, 7) is 0. The zero-order chi connectivity index (χ0) is 15.5. The quantitative estimate of drug-likeness (QED) is 0.282. The summed E-state index contributed by atoms with van der Waals surface area (Å²) < 4.78 is 0. The van der Waals surface area contributed by atoms with E-state index in [2.05, 4.69) is 0 Å². The van der Waals surface area contributed by atoms with Crippen molar-refractivity contribution in [2.45, 2.75) is 0 Å². The van der Waals surface area contributed by atoms with Crippen LogP contribution in [0.15, 0.2) is 0 Å². The molecule has 0 aromatic carbocycles. The monoisotopic (exact) mass is 376 g/mol. The fourth-order valence-electron chi connectivity index (χ4n) is 0. The molecule has 0 aliphatic carbocycles. The summed E-state index contributed by atoms with van der Waals surface area (Å²) in [5.41, 5.74) is 0. The van der Waals surface area contributed by atoms with Crippen LogP contribution in [0.2, 0.25) is 0 Å². The third-order valence-corrected chi connectivity index (χ3v) is 0.500. The summed E-state index contributed by atoms with van der Waals surface area (Å²) in [6, 6.07) is 0. The Bertz CT molecular complexity index is 283. The molecular formula is C6O12TiZn. The molecule has 0 rings (SSSR count). The van der Waals surface area contributed by atoms with Gasteiger partial charge in [0.15, 0.2) is 0 Å². The first kappa shape index (κ1) is 30.9. The Balaban J connectivity index is -0.0000000536. The predicted molar refractivity (Wildman–Crippen MR) is 30.0 cm³/mol. The molecule has 0 atom stereocenters. The molecule has 0 amide bonds. The zero-order valence-electron chi connectivity index (χ0n) is 9.11. The molecule has 0 unspecified atom stereocenters. The summed E-state index contributed by atoms with van der Waals surface area (Å²) in [4.78, 5) is 53.6. The Hall–Kier alpha value is -1.84. The van der Waals surface area contributed by atoms with Gasteiger partial charge >= 0.3 is 41.2 Å². The first-order valence-corrected chi connectivity index (χ1v) is 3.20. The van der Waals surface area contributed by atoms with E-state index in [0.717, 1.165) is 0 Å². The molecule has 0 radical (unpaired) electrons. The van der Waals surface area contributed by atoms with E-state index in [1.165, 1.54) is 0 Å². The first-order chi connectivity index (χ1) is 7.93. The van der Waals surface area contributed by atoms with Crippen LogP contribution in [0.1, 0.15) is 0 Å². The van der Waals surface area contributed by atoms with Crippen LogP contribution in [-0.2, 0) is 70.0 Å². The normalized spacial score (nSPS) is 6.60. The van der Waals surface area contributed by atoms with Gasteiger partial charge in [-0.25, -0.2) is 0 Å². The van der Waals surface area contributed by atoms with E-state index in [1.807, 2.05) is 0 Å². The van der Waals surface area contributed by atoms with E-state index in [-0.39, 0.29) is 41.2 Å². The smallest absolute Gasteiger partial charge is 0.543 e. The molecule has 0 spiro atoms. The molecule has 0 bridgehead atoms. The predicted octanol–water partition coefficient (Wildman–Crippen LogP) is -10.5. The van der Waals surface area contributed by atoms with Crippen LogP contribution in [0.3, 0.4) is 0 Å². The van der Waals surface area contributed by atoms with Gasteiger partial charge in [0.25, 0.3) is 0 Å². The minimum Gasteiger partial charge on any atom is -0.543 e. The van der Waals surface area contributed by atoms with E-state index in [4.69, 9.17) is 59.4 Å². The average Bonchev–Trinajstić information content (AvgIpc) is 2.18. The van der Waals surface area contributed by atoms with Gasteiger partial charge in [-0.2, -0.15) is 0 Å². The molecule has 0 aliphatic rings. The summed E-state index contributed by atoms with van der Waals surface area (Å²) in [5.74, 6) is -13.1. The van der Waals surface area contributed by atoms with Crippen LogP contribution >= 0.6 is 0 Å². The second-order valence-electron chi connectivity index (χ2n) is 1.72. The molecule has 102 valence electrons. The van der Waals surface area contributed by atoms with Crippen LogP contribution in [0, 0.1) is 0 Å². The second-order valence-corrected chi connectivity index (χ2v) is 1.72. The van der Waals surface area contributed by atoms with Crippen molar-refractivity contribution in [1.82, 2.24) is 0 Å². The van der Waals surface area contributed by atoms with Crippen LogP contribution in [0.4, 0.5) is 0 Å². The summed E-state index contributed by atoms with van der Waals surface area (Å²) in [5, 5.41) is 53.6. The number of carboxylic acid groups (broad SMARTS) is 6. The molecule has 0 fully saturated rings. The number of hydrogen-bond acceptors (Lipinski definition) is 12. The van der Waals surface area contributed by atoms with Crippen molar-refractivity contribution in [3.63, 3.8) is 0 Å². The van der Waals surface area contributed by atoms with Gasteiger partial charge in [-0.3, -0.25) is 0 Å². The second kappa shape index (κ2) is 17.2.